The van der Waals surface area contributed by atoms with Crippen LogP contribution in [0.25, 0.3) is 20.2 Å². The molecule has 3 aromatic rings. The molecule has 0 fully saturated rings. The van der Waals surface area contributed by atoms with Crippen molar-refractivity contribution in [1.82, 2.24) is 0 Å². The lowest BCUT2D eigenvalue weighted by Crippen LogP contribution is -2.26. The first-order valence-electron chi connectivity index (χ1n) is 8.33. The normalized spacial score (nSPS) is 13.0. The van der Waals surface area contributed by atoms with Crippen LogP contribution in [0.4, 0.5) is 0 Å². The fraction of sp³-hybridized carbons (Fsp3) is 0.286. The summed E-state index contributed by atoms with van der Waals surface area (Å²) in [6.45, 7) is 8.54. The van der Waals surface area contributed by atoms with E-state index in [0.717, 1.165) is 26.6 Å². The lowest BCUT2D eigenvalue weighted by Gasteiger charge is -2.15. The Morgan fingerprint density at radius 1 is 1.04 bits per heavy atom. The van der Waals surface area contributed by atoms with Crippen LogP contribution in [0.15, 0.2) is 40.8 Å². The van der Waals surface area contributed by atoms with Crippen molar-refractivity contribution in [3.05, 3.63) is 47.5 Å². The van der Waals surface area contributed by atoms with E-state index in [0.29, 0.717) is 5.71 Å². The van der Waals surface area contributed by atoms with E-state index in [4.69, 9.17) is 0 Å². The lowest BCUT2D eigenvalue weighted by atomic mass is 10.1. The predicted molar refractivity (Wildman–Crippen MR) is 113 cm³/mol. The summed E-state index contributed by atoms with van der Waals surface area (Å²) in [5, 5.41) is 2.24. The number of hydrogen-bond donors (Lipinski definition) is 0. The van der Waals surface area contributed by atoms with Crippen molar-refractivity contribution in [3.63, 3.8) is 0 Å². The topological polar surface area (TPSA) is 46.5 Å². The van der Waals surface area contributed by atoms with Crippen LogP contribution in [0.3, 0.4) is 0 Å². The number of fused-ring (bicyclic) bond motifs is 3. The summed E-state index contributed by atoms with van der Waals surface area (Å²) >= 11 is 1.72. The largest absolute Gasteiger partial charge is 0.258 e. The van der Waals surface area contributed by atoms with E-state index in [9.17, 15) is 8.42 Å². The molecular weight excluding hydrogens is 362 g/mol. The Balaban J connectivity index is 2.18. The molecule has 5 heteroatoms. The number of hydrogen-bond acceptors (Lipinski definition) is 3. The van der Waals surface area contributed by atoms with Gasteiger partial charge in [0.05, 0.1) is 10.5 Å². The third kappa shape index (κ3) is 3.40. The van der Waals surface area contributed by atoms with Gasteiger partial charge in [-0.15, -0.1) is 17.3 Å². The monoisotopic (exact) mass is 383 g/mol. The zero-order chi connectivity index (χ0) is 19.1. The molecule has 0 N–H and O–H groups in total. The van der Waals surface area contributed by atoms with Crippen molar-refractivity contribution >= 4 is 47.2 Å². The number of sulfonamides is 1. The van der Waals surface area contributed by atoms with Crippen molar-refractivity contribution in [2.45, 2.75) is 39.4 Å². The Labute approximate surface area is 158 Å². The highest BCUT2D eigenvalue weighted by Crippen LogP contribution is 2.35. The van der Waals surface area contributed by atoms with Crippen LogP contribution in [-0.2, 0) is 10.0 Å². The van der Waals surface area contributed by atoms with E-state index in [2.05, 4.69) is 28.4 Å². The Morgan fingerprint density at radius 3 is 2.27 bits per heavy atom. The summed E-state index contributed by atoms with van der Waals surface area (Å²) in [4.78, 5) is 0. The summed E-state index contributed by atoms with van der Waals surface area (Å²) < 4.78 is 30.2. The first kappa shape index (κ1) is 18.6. The van der Waals surface area contributed by atoms with E-state index in [1.54, 1.807) is 39.0 Å². The van der Waals surface area contributed by atoms with Crippen LogP contribution < -0.4 is 0 Å². The van der Waals surface area contributed by atoms with Crippen LogP contribution in [0.5, 0.6) is 0 Å². The average molecular weight is 384 g/mol. The molecule has 0 aliphatic rings. The van der Waals surface area contributed by atoms with E-state index < -0.39 is 14.8 Å². The van der Waals surface area contributed by atoms with Crippen LogP contribution in [0, 0.1) is 11.8 Å². The molecule has 3 nitrogen and oxygen atoms in total. The van der Waals surface area contributed by atoms with Gasteiger partial charge in [-0.1, -0.05) is 12.0 Å². The maximum absolute atomic E-state index is 12.4. The zero-order valence-electron chi connectivity index (χ0n) is 15.5. The van der Waals surface area contributed by atoms with Gasteiger partial charge in [0.25, 0.3) is 10.0 Å². The van der Waals surface area contributed by atoms with Gasteiger partial charge < -0.3 is 0 Å². The molecule has 134 valence electrons. The number of nitrogens with zero attached hydrogens (tertiary/aromatic N) is 1. The zero-order valence-corrected chi connectivity index (χ0v) is 17.2. The molecule has 1 heterocycles. The molecule has 1 aromatic heterocycles. The number of benzene rings is 2. The first-order chi connectivity index (χ1) is 12.1. The van der Waals surface area contributed by atoms with Crippen molar-refractivity contribution < 1.29 is 8.42 Å². The summed E-state index contributed by atoms with van der Waals surface area (Å²) in [5.74, 6) is 6.02. The molecule has 0 radical (unpaired) electrons. The van der Waals surface area contributed by atoms with E-state index in [1.165, 1.54) is 4.70 Å². The third-order valence-corrected chi connectivity index (χ3v) is 7.40. The average Bonchev–Trinajstić information content (AvgIpc) is 2.91. The molecule has 0 saturated heterocycles. The van der Waals surface area contributed by atoms with Gasteiger partial charge >= 0.3 is 0 Å². The summed E-state index contributed by atoms with van der Waals surface area (Å²) in [7, 11) is -3.57. The van der Waals surface area contributed by atoms with Crippen LogP contribution in [-0.4, -0.2) is 18.9 Å². The minimum absolute atomic E-state index is 0.505. The standard InChI is InChI=1S/C21H21NO2S2/c1-6-7-15-8-10-19-17(12-15)18-13-16(9-11-20(18)25-19)14(2)22-26(23,24)21(3,4)5/h8-13H,1-5H3. The van der Waals surface area contributed by atoms with E-state index in [-0.39, 0.29) is 0 Å². The van der Waals surface area contributed by atoms with Gasteiger partial charge in [-0.2, -0.15) is 4.40 Å². The molecule has 3 rings (SSSR count). The highest BCUT2D eigenvalue weighted by atomic mass is 32.2. The fourth-order valence-electron chi connectivity index (χ4n) is 2.59. The molecule has 0 aliphatic heterocycles. The molecule has 0 saturated carbocycles. The second kappa shape index (κ2) is 6.53. The van der Waals surface area contributed by atoms with Crippen LogP contribution in [0.2, 0.25) is 0 Å². The highest BCUT2D eigenvalue weighted by molar-refractivity contribution is 7.91. The summed E-state index contributed by atoms with van der Waals surface area (Å²) in [5.41, 5.74) is 2.30. The van der Waals surface area contributed by atoms with E-state index in [1.807, 2.05) is 31.2 Å². The van der Waals surface area contributed by atoms with Crippen LogP contribution >= 0.6 is 11.3 Å². The molecule has 0 unspecified atom stereocenters. The second-order valence-corrected chi connectivity index (χ2v) is 10.6. The second-order valence-electron chi connectivity index (χ2n) is 7.16. The quantitative estimate of drug-likeness (QED) is 0.441. The molecular formula is C21H21NO2S2. The molecule has 0 amide bonds. The Kier molecular flexibility index (Phi) is 4.68. The van der Waals surface area contributed by atoms with Gasteiger partial charge in [0.15, 0.2) is 0 Å². The van der Waals surface area contributed by atoms with Gasteiger partial charge in [0.2, 0.25) is 0 Å². The first-order valence-corrected chi connectivity index (χ1v) is 10.6. The Morgan fingerprint density at radius 2 is 1.65 bits per heavy atom. The lowest BCUT2D eigenvalue weighted by molar-refractivity contribution is 0.562. The molecule has 0 bridgehead atoms. The van der Waals surface area contributed by atoms with Gasteiger partial charge in [-0.3, -0.25) is 0 Å². The molecule has 0 atom stereocenters. The minimum atomic E-state index is -3.57. The van der Waals surface area contributed by atoms with Crippen molar-refractivity contribution in [2.24, 2.45) is 4.40 Å². The van der Waals surface area contributed by atoms with Crippen molar-refractivity contribution in [2.75, 3.05) is 0 Å². The molecule has 26 heavy (non-hydrogen) atoms. The minimum Gasteiger partial charge on any atom is -0.204 e. The summed E-state index contributed by atoms with van der Waals surface area (Å²) in [6, 6.07) is 12.2. The maximum atomic E-state index is 12.4. The molecule has 0 spiro atoms. The van der Waals surface area contributed by atoms with Crippen LogP contribution in [0.1, 0.15) is 45.7 Å². The maximum Gasteiger partial charge on any atom is 0.258 e. The highest BCUT2D eigenvalue weighted by Gasteiger charge is 2.28. The van der Waals surface area contributed by atoms with Gasteiger partial charge in [-0.05, 0) is 70.5 Å². The Bertz CT molecular complexity index is 1200. The van der Waals surface area contributed by atoms with Crippen molar-refractivity contribution in [1.29, 1.82) is 0 Å². The summed E-state index contributed by atoms with van der Waals surface area (Å²) in [6.07, 6.45) is 0. The number of thiophene rings is 1. The SMILES string of the molecule is CC#Cc1ccc2sc3ccc(C(C)=NS(=O)(=O)C(C)(C)C)cc3c2c1. The smallest absolute Gasteiger partial charge is 0.204 e. The molecule has 2 aromatic carbocycles. The van der Waals surface area contributed by atoms with Gasteiger partial charge in [-0.25, -0.2) is 8.42 Å². The number of rotatable bonds is 2. The van der Waals surface area contributed by atoms with Gasteiger partial charge in [0, 0.05) is 25.7 Å². The fourth-order valence-corrected chi connectivity index (χ4v) is 4.40. The van der Waals surface area contributed by atoms with Crippen molar-refractivity contribution in [3.8, 4) is 11.8 Å². The van der Waals surface area contributed by atoms with Gasteiger partial charge in [0.1, 0.15) is 0 Å². The molecule has 0 aliphatic carbocycles. The van der Waals surface area contributed by atoms with E-state index >= 15 is 0 Å². The Hall–Kier alpha value is -2.16. The third-order valence-electron chi connectivity index (χ3n) is 4.19. The predicted octanol–water partition coefficient (Wildman–Crippen LogP) is 5.36.